The number of carbonyl (C=O) groups is 2. The Morgan fingerprint density at radius 3 is 2.77 bits per heavy atom. The lowest BCUT2D eigenvalue weighted by atomic mass is 9.63. The molecule has 0 bridgehead atoms. The molecular weight excluding hydrogens is 394 g/mol. The Labute approximate surface area is 182 Å². The predicted octanol–water partition coefficient (Wildman–Crippen LogP) is 2.89. The van der Waals surface area contributed by atoms with Crippen LogP contribution in [0.3, 0.4) is 0 Å². The van der Waals surface area contributed by atoms with Crippen LogP contribution >= 0.6 is 0 Å². The summed E-state index contributed by atoms with van der Waals surface area (Å²) in [4.78, 5) is 31.2. The van der Waals surface area contributed by atoms with Gasteiger partial charge in [-0.2, -0.15) is 5.26 Å². The van der Waals surface area contributed by atoms with Crippen molar-refractivity contribution >= 4 is 17.5 Å². The molecule has 3 rings (SSSR count). The van der Waals surface area contributed by atoms with Crippen molar-refractivity contribution in [2.24, 2.45) is 22.1 Å². The van der Waals surface area contributed by atoms with E-state index in [1.54, 1.807) is 25.1 Å². The topological polar surface area (TPSA) is 115 Å². The summed E-state index contributed by atoms with van der Waals surface area (Å²) in [7, 11) is 0. The quantitative estimate of drug-likeness (QED) is 0.533. The largest absolute Gasteiger partial charge is 0.463 e. The van der Waals surface area contributed by atoms with Crippen LogP contribution in [0, 0.1) is 22.7 Å². The second-order valence-electron chi connectivity index (χ2n) is 8.70. The third kappa shape index (κ3) is 4.92. The molecule has 0 radical (unpaired) electrons. The number of fused-ring (bicyclic) bond motifs is 1. The molecule has 0 aromatic heterocycles. The fourth-order valence-electron chi connectivity index (χ4n) is 4.47. The molecule has 2 N–H and O–H groups in total. The molecule has 1 fully saturated rings. The lowest BCUT2D eigenvalue weighted by molar-refractivity contribution is -0.139. The Balaban J connectivity index is 2.20. The van der Waals surface area contributed by atoms with Crippen molar-refractivity contribution in [1.29, 1.82) is 5.26 Å². The van der Waals surface area contributed by atoms with Crippen molar-refractivity contribution in [2.75, 3.05) is 26.4 Å². The summed E-state index contributed by atoms with van der Waals surface area (Å²) in [5.41, 5.74) is 8.09. The lowest BCUT2D eigenvalue weighted by Crippen LogP contribution is -2.44. The van der Waals surface area contributed by atoms with Crippen molar-refractivity contribution in [3.63, 3.8) is 0 Å². The van der Waals surface area contributed by atoms with Gasteiger partial charge in [0.1, 0.15) is 5.78 Å². The molecule has 1 aliphatic carbocycles. The third-order valence-corrected chi connectivity index (χ3v) is 5.62. The summed E-state index contributed by atoms with van der Waals surface area (Å²) in [5.74, 6) is -1.59. The van der Waals surface area contributed by atoms with Gasteiger partial charge in [-0.3, -0.25) is 9.79 Å². The first-order chi connectivity index (χ1) is 14.8. The van der Waals surface area contributed by atoms with Gasteiger partial charge in [0.25, 0.3) is 0 Å². The molecule has 1 aromatic rings. The van der Waals surface area contributed by atoms with Gasteiger partial charge in [-0.15, -0.1) is 0 Å². The first kappa shape index (κ1) is 22.9. The van der Waals surface area contributed by atoms with Gasteiger partial charge in [0.15, 0.2) is 0 Å². The number of aliphatic imine (C=N–C) groups is 1. The average molecular weight is 424 g/mol. The van der Waals surface area contributed by atoms with E-state index in [1.807, 2.05) is 19.9 Å². The number of nitriles is 1. The maximum absolute atomic E-state index is 13.3. The van der Waals surface area contributed by atoms with Crippen LogP contribution in [0.1, 0.15) is 50.7 Å². The van der Waals surface area contributed by atoms with Gasteiger partial charge >= 0.3 is 5.97 Å². The van der Waals surface area contributed by atoms with Crippen molar-refractivity contribution in [3.8, 4) is 6.07 Å². The van der Waals surface area contributed by atoms with E-state index < -0.39 is 17.8 Å². The van der Waals surface area contributed by atoms with Crippen LogP contribution in [0.15, 0.2) is 40.5 Å². The number of rotatable bonds is 7. The van der Waals surface area contributed by atoms with Gasteiger partial charge in [0.05, 0.1) is 48.6 Å². The van der Waals surface area contributed by atoms with Crippen molar-refractivity contribution in [3.05, 3.63) is 46.7 Å². The molecule has 1 saturated carbocycles. The molecule has 31 heavy (non-hydrogen) atoms. The molecule has 2 unspecified atom stereocenters. The summed E-state index contributed by atoms with van der Waals surface area (Å²) >= 11 is 0. The highest BCUT2D eigenvalue weighted by atomic mass is 16.5. The number of hydrogen-bond donors (Lipinski definition) is 1. The van der Waals surface area contributed by atoms with Crippen LogP contribution < -0.4 is 5.73 Å². The SMILES string of the molecule is CCOC(=O)C1=C(COCCN)N=C2CC(C)(C)CC(=O)C2C1c1cccc(C#N)c1. The van der Waals surface area contributed by atoms with E-state index in [4.69, 9.17) is 20.2 Å². The lowest BCUT2D eigenvalue weighted by Gasteiger charge is -2.41. The maximum atomic E-state index is 13.3. The second kappa shape index (κ2) is 9.54. The molecule has 1 heterocycles. The smallest absolute Gasteiger partial charge is 0.336 e. The second-order valence-corrected chi connectivity index (χ2v) is 8.70. The fraction of sp³-hybridized carbons (Fsp3) is 0.500. The zero-order valence-electron chi connectivity index (χ0n) is 18.3. The minimum atomic E-state index is -0.570. The van der Waals surface area contributed by atoms with E-state index in [0.29, 0.717) is 42.8 Å². The van der Waals surface area contributed by atoms with Crippen LogP contribution in [-0.4, -0.2) is 43.8 Å². The van der Waals surface area contributed by atoms with E-state index >= 15 is 0 Å². The molecule has 0 saturated heterocycles. The van der Waals surface area contributed by atoms with Gasteiger partial charge in [-0.05, 0) is 36.5 Å². The Morgan fingerprint density at radius 1 is 1.32 bits per heavy atom. The maximum Gasteiger partial charge on any atom is 0.336 e. The summed E-state index contributed by atoms with van der Waals surface area (Å²) in [6.07, 6.45) is 1.05. The third-order valence-electron chi connectivity index (χ3n) is 5.62. The van der Waals surface area contributed by atoms with Gasteiger partial charge in [-0.1, -0.05) is 26.0 Å². The Morgan fingerprint density at radius 2 is 2.10 bits per heavy atom. The summed E-state index contributed by atoms with van der Waals surface area (Å²) < 4.78 is 11.0. The standard InChI is InChI=1S/C24H29N3O4/c1-4-31-23(29)22-18(14-30-9-8-25)27-17-11-24(2,3)12-19(28)21(17)20(22)16-7-5-6-15(10-16)13-26/h5-7,10,20-21H,4,8-9,11-12,14,25H2,1-3H3. The molecule has 0 amide bonds. The van der Waals surface area contributed by atoms with Gasteiger partial charge in [0.2, 0.25) is 0 Å². The summed E-state index contributed by atoms with van der Waals surface area (Å²) in [6.45, 7) is 6.80. The molecule has 1 aromatic carbocycles. The van der Waals surface area contributed by atoms with Crippen molar-refractivity contribution < 1.29 is 19.1 Å². The number of nitrogens with two attached hydrogens (primary N) is 1. The molecule has 1 aliphatic heterocycles. The number of ketones is 1. The van der Waals surface area contributed by atoms with Crippen molar-refractivity contribution in [1.82, 2.24) is 0 Å². The zero-order chi connectivity index (χ0) is 22.6. The number of ether oxygens (including phenoxy) is 2. The minimum Gasteiger partial charge on any atom is -0.463 e. The zero-order valence-corrected chi connectivity index (χ0v) is 18.3. The Hall–Kier alpha value is -2.82. The molecule has 7 heteroatoms. The number of hydrogen-bond acceptors (Lipinski definition) is 7. The van der Waals surface area contributed by atoms with Crippen molar-refractivity contribution in [2.45, 2.75) is 39.5 Å². The number of nitrogens with zero attached hydrogens (tertiary/aromatic N) is 2. The predicted molar refractivity (Wildman–Crippen MR) is 116 cm³/mol. The highest BCUT2D eigenvalue weighted by Gasteiger charge is 2.48. The molecule has 164 valence electrons. The number of esters is 1. The Kier molecular flexibility index (Phi) is 7.04. The summed E-state index contributed by atoms with van der Waals surface area (Å²) in [6, 6.07) is 9.19. The Bertz CT molecular complexity index is 971. The van der Waals surface area contributed by atoms with Crippen LogP contribution in [0.5, 0.6) is 0 Å². The van der Waals surface area contributed by atoms with Crippen LogP contribution in [0.4, 0.5) is 0 Å². The van der Waals surface area contributed by atoms with E-state index in [0.717, 1.165) is 11.3 Å². The van der Waals surface area contributed by atoms with Gasteiger partial charge in [0, 0.05) is 24.6 Å². The van der Waals surface area contributed by atoms with Crippen LogP contribution in [-0.2, 0) is 19.1 Å². The number of carbonyl (C=O) groups excluding carboxylic acids is 2. The summed E-state index contributed by atoms with van der Waals surface area (Å²) in [5, 5.41) is 9.39. The highest BCUT2D eigenvalue weighted by Crippen LogP contribution is 2.47. The normalized spacial score (nSPS) is 22.4. The molecule has 7 nitrogen and oxygen atoms in total. The van der Waals surface area contributed by atoms with E-state index in [1.165, 1.54) is 0 Å². The van der Waals surface area contributed by atoms with Gasteiger partial charge in [-0.25, -0.2) is 4.79 Å². The molecule has 2 atom stereocenters. The first-order valence-electron chi connectivity index (χ1n) is 10.6. The average Bonchev–Trinajstić information content (AvgIpc) is 2.72. The highest BCUT2D eigenvalue weighted by molar-refractivity contribution is 6.12. The van der Waals surface area contributed by atoms with E-state index in [-0.39, 0.29) is 24.4 Å². The first-order valence-corrected chi connectivity index (χ1v) is 10.6. The minimum absolute atomic E-state index is 0.0473. The molecule has 2 aliphatic rings. The fourth-order valence-corrected chi connectivity index (χ4v) is 4.47. The number of benzene rings is 1. The molecular formula is C24H29N3O4. The van der Waals surface area contributed by atoms with Crippen LogP contribution in [0.25, 0.3) is 0 Å². The van der Waals surface area contributed by atoms with E-state index in [2.05, 4.69) is 6.07 Å². The van der Waals surface area contributed by atoms with E-state index in [9.17, 15) is 14.9 Å². The van der Waals surface area contributed by atoms with Crippen LogP contribution in [0.2, 0.25) is 0 Å². The molecule has 0 spiro atoms. The monoisotopic (exact) mass is 423 g/mol. The van der Waals surface area contributed by atoms with Gasteiger partial charge < -0.3 is 15.2 Å². The number of Topliss-reactive ketones (excluding diaryl/α,β-unsaturated/α-hetero) is 1.